The lowest BCUT2D eigenvalue weighted by molar-refractivity contribution is -0.0554. The molecule has 1 aromatic rings. The van der Waals surface area contributed by atoms with Gasteiger partial charge in [0.1, 0.15) is 7.11 Å². The SMILES string of the molecule is C[OH+]C(N)Cc1cccs1. The zero-order valence-electron chi connectivity index (χ0n) is 5.95. The van der Waals surface area contributed by atoms with Crippen LogP contribution in [0.15, 0.2) is 17.5 Å². The van der Waals surface area contributed by atoms with Gasteiger partial charge in [-0.2, -0.15) is 0 Å². The monoisotopic (exact) mass is 158 g/mol. The summed E-state index contributed by atoms with van der Waals surface area (Å²) in [6.45, 7) is 0. The van der Waals surface area contributed by atoms with Gasteiger partial charge in [-0.25, -0.2) is 0 Å². The summed E-state index contributed by atoms with van der Waals surface area (Å²) in [5.74, 6) is 0. The lowest BCUT2D eigenvalue weighted by atomic mass is 10.3. The molecule has 1 rings (SSSR count). The molecule has 56 valence electrons. The van der Waals surface area contributed by atoms with Gasteiger partial charge in [-0.3, -0.25) is 5.73 Å². The van der Waals surface area contributed by atoms with Gasteiger partial charge in [-0.05, 0) is 11.4 Å². The van der Waals surface area contributed by atoms with Gasteiger partial charge in [-0.15, -0.1) is 11.3 Å². The van der Waals surface area contributed by atoms with Crippen LogP contribution < -0.4 is 5.73 Å². The molecule has 0 bridgehead atoms. The normalized spacial score (nSPS) is 13.4. The summed E-state index contributed by atoms with van der Waals surface area (Å²) in [7, 11) is 1.75. The van der Waals surface area contributed by atoms with E-state index < -0.39 is 0 Å². The van der Waals surface area contributed by atoms with E-state index in [2.05, 4.69) is 16.2 Å². The second-order valence-electron chi connectivity index (χ2n) is 2.11. The minimum absolute atomic E-state index is 0.0290. The van der Waals surface area contributed by atoms with Crippen LogP contribution in [0.3, 0.4) is 0 Å². The molecule has 0 saturated carbocycles. The van der Waals surface area contributed by atoms with Crippen molar-refractivity contribution < 1.29 is 4.74 Å². The zero-order chi connectivity index (χ0) is 7.40. The average molecular weight is 158 g/mol. The molecule has 1 heterocycles. The van der Waals surface area contributed by atoms with E-state index in [4.69, 9.17) is 5.73 Å². The zero-order valence-corrected chi connectivity index (χ0v) is 6.77. The van der Waals surface area contributed by atoms with Crippen molar-refractivity contribution >= 4 is 11.3 Å². The largest absolute Gasteiger partial charge is 0.422 e. The lowest BCUT2D eigenvalue weighted by Gasteiger charge is -2.02. The van der Waals surface area contributed by atoms with E-state index in [9.17, 15) is 0 Å². The Balaban J connectivity index is 2.40. The van der Waals surface area contributed by atoms with Gasteiger partial charge >= 0.3 is 0 Å². The molecule has 0 radical (unpaired) electrons. The second-order valence-corrected chi connectivity index (χ2v) is 3.14. The summed E-state index contributed by atoms with van der Waals surface area (Å²) in [6.07, 6.45) is 0.840. The highest BCUT2D eigenvalue weighted by atomic mass is 32.1. The van der Waals surface area contributed by atoms with Crippen LogP contribution in [0.2, 0.25) is 0 Å². The smallest absolute Gasteiger partial charge is 0.213 e. The molecule has 0 aromatic carbocycles. The molecule has 3 heteroatoms. The predicted octanol–water partition coefficient (Wildman–Crippen LogP) is 0.733. The molecule has 0 fully saturated rings. The first-order chi connectivity index (χ1) is 4.83. The molecule has 0 amide bonds. The third kappa shape index (κ3) is 2.10. The quantitative estimate of drug-likeness (QED) is 0.511. The van der Waals surface area contributed by atoms with Crippen LogP contribution in [0.25, 0.3) is 0 Å². The fourth-order valence-electron chi connectivity index (χ4n) is 0.726. The Bertz CT molecular complexity index is 174. The van der Waals surface area contributed by atoms with Gasteiger partial charge in [-0.1, -0.05) is 6.07 Å². The molecule has 10 heavy (non-hydrogen) atoms. The summed E-state index contributed by atoms with van der Waals surface area (Å²) in [4.78, 5) is 1.30. The highest BCUT2D eigenvalue weighted by Gasteiger charge is 2.05. The van der Waals surface area contributed by atoms with Crippen LogP contribution in [0.1, 0.15) is 4.88 Å². The van der Waals surface area contributed by atoms with E-state index in [0.29, 0.717) is 0 Å². The third-order valence-electron chi connectivity index (χ3n) is 1.32. The van der Waals surface area contributed by atoms with Gasteiger partial charge in [0.25, 0.3) is 0 Å². The highest BCUT2D eigenvalue weighted by Crippen LogP contribution is 2.09. The Hall–Kier alpha value is -0.380. The minimum atomic E-state index is -0.0290. The Labute approximate surface area is 64.6 Å². The molecule has 1 unspecified atom stereocenters. The Morgan fingerprint density at radius 1 is 1.80 bits per heavy atom. The average Bonchev–Trinajstić information content (AvgIpc) is 2.40. The van der Waals surface area contributed by atoms with Crippen molar-refractivity contribution in [3.05, 3.63) is 22.4 Å². The number of ether oxygens (including phenoxy) is 1. The van der Waals surface area contributed by atoms with Crippen molar-refractivity contribution in [1.29, 1.82) is 0 Å². The van der Waals surface area contributed by atoms with Crippen LogP contribution >= 0.6 is 11.3 Å². The van der Waals surface area contributed by atoms with Crippen molar-refractivity contribution in [3.8, 4) is 0 Å². The van der Waals surface area contributed by atoms with E-state index in [1.54, 1.807) is 18.4 Å². The number of thiophene rings is 1. The molecule has 0 saturated heterocycles. The number of aliphatic hydroxyl groups is 2. The van der Waals surface area contributed by atoms with Crippen molar-refractivity contribution in [3.63, 3.8) is 0 Å². The summed E-state index contributed by atoms with van der Waals surface area (Å²) in [5, 5.41) is 2.05. The fourth-order valence-corrected chi connectivity index (χ4v) is 1.48. The van der Waals surface area contributed by atoms with E-state index >= 15 is 0 Å². The molecule has 1 aromatic heterocycles. The molecule has 0 aliphatic rings. The first-order valence-electron chi connectivity index (χ1n) is 3.20. The van der Waals surface area contributed by atoms with Crippen molar-refractivity contribution in [1.82, 2.24) is 0 Å². The summed E-state index contributed by atoms with van der Waals surface area (Å²) in [5.41, 5.74) is 5.60. The first-order valence-corrected chi connectivity index (χ1v) is 4.08. The van der Waals surface area contributed by atoms with Crippen molar-refractivity contribution in [2.45, 2.75) is 12.6 Å². The van der Waals surface area contributed by atoms with E-state index in [1.807, 2.05) is 6.07 Å². The van der Waals surface area contributed by atoms with Crippen LogP contribution in [0.5, 0.6) is 0 Å². The van der Waals surface area contributed by atoms with Crippen molar-refractivity contribution in [2.24, 2.45) is 5.73 Å². The lowest BCUT2D eigenvalue weighted by Crippen LogP contribution is -2.27. The molecular weight excluding hydrogens is 146 g/mol. The minimum Gasteiger partial charge on any atom is -0.422 e. The van der Waals surface area contributed by atoms with Gasteiger partial charge in [0, 0.05) is 4.88 Å². The molecular formula is C7H12NOS+. The summed E-state index contributed by atoms with van der Waals surface area (Å²) < 4.78 is 3.95. The van der Waals surface area contributed by atoms with Crippen LogP contribution in [-0.4, -0.2) is 18.1 Å². The van der Waals surface area contributed by atoms with Crippen LogP contribution in [0.4, 0.5) is 0 Å². The number of hydrogen-bond donors (Lipinski definition) is 1. The molecule has 0 aliphatic carbocycles. The van der Waals surface area contributed by atoms with Crippen molar-refractivity contribution in [2.75, 3.05) is 7.11 Å². The Kier molecular flexibility index (Phi) is 2.86. The number of hydrogen-bond acceptors (Lipinski definition) is 2. The maximum absolute atomic E-state index is 5.60. The first kappa shape index (κ1) is 7.72. The van der Waals surface area contributed by atoms with E-state index in [1.165, 1.54) is 4.88 Å². The molecule has 2 nitrogen and oxygen atoms in total. The van der Waals surface area contributed by atoms with Crippen LogP contribution in [0, 0.1) is 0 Å². The maximum atomic E-state index is 5.60. The van der Waals surface area contributed by atoms with Crippen LogP contribution in [-0.2, 0) is 6.42 Å². The molecule has 1 atom stereocenters. The van der Waals surface area contributed by atoms with E-state index in [0.717, 1.165) is 6.42 Å². The fraction of sp³-hybridized carbons (Fsp3) is 0.429. The van der Waals surface area contributed by atoms with Gasteiger partial charge in [0.05, 0.1) is 6.42 Å². The van der Waals surface area contributed by atoms with E-state index in [-0.39, 0.29) is 6.23 Å². The molecule has 0 spiro atoms. The maximum Gasteiger partial charge on any atom is 0.213 e. The summed E-state index contributed by atoms with van der Waals surface area (Å²) >= 11 is 1.73. The summed E-state index contributed by atoms with van der Waals surface area (Å²) in [6, 6.07) is 4.11. The Morgan fingerprint density at radius 3 is 3.10 bits per heavy atom. The van der Waals surface area contributed by atoms with Gasteiger partial charge in [0.15, 0.2) is 0 Å². The number of nitrogens with two attached hydrogens (primary N) is 1. The predicted molar refractivity (Wildman–Crippen MR) is 44.1 cm³/mol. The van der Waals surface area contributed by atoms with Gasteiger partial charge in [0.2, 0.25) is 6.23 Å². The third-order valence-corrected chi connectivity index (χ3v) is 2.22. The standard InChI is InChI=1S/C7H11NOS/c1-9-7(8)5-6-3-2-4-10-6/h2-4,7H,5,8H2,1H3/p+1. The highest BCUT2D eigenvalue weighted by molar-refractivity contribution is 7.09. The Morgan fingerprint density at radius 2 is 2.60 bits per heavy atom. The molecule has 0 aliphatic heterocycles. The molecule has 3 N–H and O–H groups in total. The topological polar surface area (TPSA) is 38.8 Å². The number of rotatable bonds is 3. The van der Waals surface area contributed by atoms with Gasteiger partial charge < -0.3 is 4.74 Å². The second kappa shape index (κ2) is 3.71.